The van der Waals surface area contributed by atoms with Crippen LogP contribution in [0.3, 0.4) is 0 Å². The zero-order valence-electron chi connectivity index (χ0n) is 23.5. The van der Waals surface area contributed by atoms with Gasteiger partial charge < -0.3 is 9.47 Å². The van der Waals surface area contributed by atoms with Crippen LogP contribution in [0.25, 0.3) is 22.3 Å². The minimum absolute atomic E-state index is 0.219. The maximum absolute atomic E-state index is 13.8. The number of rotatable bonds is 8. The first kappa shape index (κ1) is 26.9. The first-order valence-corrected chi connectivity index (χ1v) is 13.4. The van der Waals surface area contributed by atoms with E-state index < -0.39 is 0 Å². The van der Waals surface area contributed by atoms with Gasteiger partial charge in [0.05, 0.1) is 24.2 Å². The van der Waals surface area contributed by atoms with Crippen molar-refractivity contribution in [2.75, 3.05) is 7.11 Å². The van der Waals surface area contributed by atoms with Crippen LogP contribution in [0.15, 0.2) is 94.8 Å². The van der Waals surface area contributed by atoms with E-state index in [1.807, 2.05) is 55.5 Å². The highest BCUT2D eigenvalue weighted by Crippen LogP contribution is 2.34. The fourth-order valence-electron chi connectivity index (χ4n) is 4.66. The maximum atomic E-state index is 13.8. The molecule has 0 aliphatic heterocycles. The fourth-order valence-corrected chi connectivity index (χ4v) is 4.66. The molecule has 0 aliphatic rings. The normalized spacial score (nSPS) is 11.4. The molecule has 0 saturated carbocycles. The molecule has 6 nitrogen and oxygen atoms in total. The van der Waals surface area contributed by atoms with Crippen LogP contribution in [-0.2, 0) is 6.61 Å². The molecule has 202 valence electrons. The molecule has 0 saturated heterocycles. The summed E-state index contributed by atoms with van der Waals surface area (Å²) in [6.07, 6.45) is 1.66. The van der Waals surface area contributed by atoms with E-state index in [1.165, 1.54) is 10.2 Å². The molecule has 4 aromatic carbocycles. The zero-order valence-corrected chi connectivity index (χ0v) is 23.5. The van der Waals surface area contributed by atoms with Gasteiger partial charge in [0, 0.05) is 11.1 Å². The van der Waals surface area contributed by atoms with Crippen molar-refractivity contribution in [3.63, 3.8) is 0 Å². The number of para-hydroxylation sites is 2. The molecule has 0 atom stereocenters. The van der Waals surface area contributed by atoms with Gasteiger partial charge in [-0.2, -0.15) is 9.78 Å². The predicted octanol–water partition coefficient (Wildman–Crippen LogP) is 7.27. The molecule has 0 unspecified atom stereocenters. The standard InChI is InChI=1S/C34H33N3O3/c1-22(2)28-19-29(24(4)18-32(28)39-5)33-36-30-12-8-7-11-27(30)34(38)37(33)35-20-26-10-6-9-13-31(26)40-21-25-16-14-23(3)15-17-25/h6-20,22H,21H2,1-5H3. The summed E-state index contributed by atoms with van der Waals surface area (Å²) in [6, 6.07) is 27.3. The summed E-state index contributed by atoms with van der Waals surface area (Å²) in [6.45, 7) is 8.71. The fraction of sp³-hybridized carbons (Fsp3) is 0.206. The summed E-state index contributed by atoms with van der Waals surface area (Å²) < 4.78 is 13.2. The molecule has 0 fully saturated rings. The largest absolute Gasteiger partial charge is 0.496 e. The molecule has 0 bridgehead atoms. The lowest BCUT2D eigenvalue weighted by Gasteiger charge is -2.17. The molecule has 5 aromatic rings. The van der Waals surface area contributed by atoms with Gasteiger partial charge in [0.25, 0.3) is 5.56 Å². The zero-order chi connectivity index (χ0) is 28.2. The summed E-state index contributed by atoms with van der Waals surface area (Å²) in [4.78, 5) is 18.7. The highest BCUT2D eigenvalue weighted by molar-refractivity contribution is 5.84. The van der Waals surface area contributed by atoms with E-state index in [0.717, 1.165) is 33.6 Å². The smallest absolute Gasteiger partial charge is 0.282 e. The molecule has 0 radical (unpaired) electrons. The van der Waals surface area contributed by atoms with Crippen molar-refractivity contribution in [1.82, 2.24) is 9.66 Å². The Labute approximate surface area is 234 Å². The van der Waals surface area contributed by atoms with Crippen molar-refractivity contribution >= 4 is 17.1 Å². The van der Waals surface area contributed by atoms with Gasteiger partial charge in [-0.3, -0.25) is 4.79 Å². The van der Waals surface area contributed by atoms with Gasteiger partial charge in [-0.15, -0.1) is 0 Å². The van der Waals surface area contributed by atoms with Crippen LogP contribution in [-0.4, -0.2) is 23.0 Å². The van der Waals surface area contributed by atoms with Crippen LogP contribution in [0.5, 0.6) is 11.5 Å². The number of ether oxygens (including phenoxy) is 2. The summed E-state index contributed by atoms with van der Waals surface area (Å²) in [5.41, 5.74) is 6.22. The lowest BCUT2D eigenvalue weighted by Crippen LogP contribution is -2.21. The van der Waals surface area contributed by atoms with E-state index in [2.05, 4.69) is 51.1 Å². The first-order chi connectivity index (χ1) is 19.4. The number of methoxy groups -OCH3 is 1. The highest BCUT2D eigenvalue weighted by atomic mass is 16.5. The quantitative estimate of drug-likeness (QED) is 0.198. The molecule has 0 N–H and O–H groups in total. The van der Waals surface area contributed by atoms with E-state index in [-0.39, 0.29) is 11.5 Å². The van der Waals surface area contributed by atoms with Crippen LogP contribution >= 0.6 is 0 Å². The summed E-state index contributed by atoms with van der Waals surface area (Å²) in [7, 11) is 1.67. The van der Waals surface area contributed by atoms with Gasteiger partial charge in [0.2, 0.25) is 0 Å². The molecule has 40 heavy (non-hydrogen) atoms. The number of aryl methyl sites for hydroxylation is 2. The second kappa shape index (κ2) is 11.6. The van der Waals surface area contributed by atoms with Crippen molar-refractivity contribution in [1.29, 1.82) is 0 Å². The summed E-state index contributed by atoms with van der Waals surface area (Å²) in [5, 5.41) is 5.20. The van der Waals surface area contributed by atoms with Gasteiger partial charge in [-0.05, 0) is 72.9 Å². The van der Waals surface area contributed by atoms with Crippen molar-refractivity contribution in [3.8, 4) is 22.9 Å². The second-order valence-electron chi connectivity index (χ2n) is 10.2. The second-order valence-corrected chi connectivity index (χ2v) is 10.2. The van der Waals surface area contributed by atoms with Gasteiger partial charge in [0.15, 0.2) is 5.82 Å². The van der Waals surface area contributed by atoms with Crippen molar-refractivity contribution in [2.45, 2.75) is 40.2 Å². The SMILES string of the molecule is COc1cc(C)c(-c2nc3ccccc3c(=O)n2N=Cc2ccccc2OCc2ccc(C)cc2)cc1C(C)C. The average Bonchev–Trinajstić information content (AvgIpc) is 2.96. The van der Waals surface area contributed by atoms with Crippen molar-refractivity contribution in [2.24, 2.45) is 5.10 Å². The van der Waals surface area contributed by atoms with E-state index in [0.29, 0.717) is 29.1 Å². The van der Waals surface area contributed by atoms with Crippen LogP contribution in [0.2, 0.25) is 0 Å². The minimum atomic E-state index is -0.240. The minimum Gasteiger partial charge on any atom is -0.496 e. The Balaban J connectivity index is 1.61. The van der Waals surface area contributed by atoms with E-state index in [9.17, 15) is 4.79 Å². The van der Waals surface area contributed by atoms with Gasteiger partial charge >= 0.3 is 0 Å². The van der Waals surface area contributed by atoms with Crippen LogP contribution in [0.1, 0.15) is 47.6 Å². The Hall–Kier alpha value is -4.71. The van der Waals surface area contributed by atoms with Crippen molar-refractivity contribution in [3.05, 3.63) is 123 Å². The summed E-state index contributed by atoms with van der Waals surface area (Å²) in [5.74, 6) is 2.18. The van der Waals surface area contributed by atoms with E-state index >= 15 is 0 Å². The lowest BCUT2D eigenvalue weighted by atomic mass is 9.96. The monoisotopic (exact) mass is 531 g/mol. The Kier molecular flexibility index (Phi) is 7.78. The Morgan fingerprint density at radius 2 is 1.65 bits per heavy atom. The average molecular weight is 532 g/mol. The van der Waals surface area contributed by atoms with Crippen LogP contribution in [0, 0.1) is 13.8 Å². The molecule has 0 aliphatic carbocycles. The third-order valence-corrected chi connectivity index (χ3v) is 6.94. The number of aromatic nitrogens is 2. The topological polar surface area (TPSA) is 65.7 Å². The number of benzene rings is 4. The molecule has 1 heterocycles. The first-order valence-electron chi connectivity index (χ1n) is 13.4. The number of fused-ring (bicyclic) bond motifs is 1. The molecule has 5 rings (SSSR count). The molecular weight excluding hydrogens is 498 g/mol. The van der Waals surface area contributed by atoms with E-state index in [1.54, 1.807) is 19.4 Å². The molecule has 6 heteroatoms. The summed E-state index contributed by atoms with van der Waals surface area (Å²) >= 11 is 0. The maximum Gasteiger partial charge on any atom is 0.282 e. The van der Waals surface area contributed by atoms with Crippen LogP contribution in [0.4, 0.5) is 0 Å². The highest BCUT2D eigenvalue weighted by Gasteiger charge is 2.18. The molecule has 0 amide bonds. The molecule has 1 aromatic heterocycles. The lowest BCUT2D eigenvalue weighted by molar-refractivity contribution is 0.306. The third kappa shape index (κ3) is 5.52. The van der Waals surface area contributed by atoms with Gasteiger partial charge in [-0.1, -0.05) is 67.9 Å². The Bertz CT molecular complexity index is 1750. The third-order valence-electron chi connectivity index (χ3n) is 6.94. The number of hydrogen-bond donors (Lipinski definition) is 0. The van der Waals surface area contributed by atoms with E-state index in [4.69, 9.17) is 19.6 Å². The van der Waals surface area contributed by atoms with Gasteiger partial charge in [-0.25, -0.2) is 4.98 Å². The van der Waals surface area contributed by atoms with Gasteiger partial charge in [0.1, 0.15) is 18.1 Å². The Morgan fingerprint density at radius 1 is 0.925 bits per heavy atom. The number of nitrogens with zero attached hydrogens (tertiary/aromatic N) is 3. The van der Waals surface area contributed by atoms with Crippen molar-refractivity contribution < 1.29 is 9.47 Å². The molecule has 0 spiro atoms. The predicted molar refractivity (Wildman–Crippen MR) is 162 cm³/mol. The number of hydrogen-bond acceptors (Lipinski definition) is 5. The molecular formula is C34H33N3O3. The van der Waals surface area contributed by atoms with Crippen LogP contribution < -0.4 is 15.0 Å². The Morgan fingerprint density at radius 3 is 2.40 bits per heavy atom.